The number of phenolic OH excluding ortho intramolecular Hbond substituents is 1. The van der Waals surface area contributed by atoms with E-state index in [2.05, 4.69) is 5.32 Å². The Bertz CT molecular complexity index is 635. The first-order chi connectivity index (χ1) is 11.5. The Kier molecular flexibility index (Phi) is 7.68. The quantitative estimate of drug-likeness (QED) is 0.500. The molecule has 0 bridgehead atoms. The molecule has 24 heavy (non-hydrogen) atoms. The van der Waals surface area contributed by atoms with Crippen molar-refractivity contribution < 1.29 is 24.5 Å². The van der Waals surface area contributed by atoms with Crippen LogP contribution in [0.15, 0.2) is 35.9 Å². The van der Waals surface area contributed by atoms with Crippen molar-refractivity contribution in [1.29, 1.82) is 0 Å². The van der Waals surface area contributed by atoms with Gasteiger partial charge >= 0.3 is 5.97 Å². The molecule has 3 N–H and O–H groups in total. The normalized spacial score (nSPS) is 12.0. The number of hydrogen-bond donors (Lipinski definition) is 3. The second-order valence-electron chi connectivity index (χ2n) is 5.18. The van der Waals surface area contributed by atoms with E-state index in [1.165, 1.54) is 14.0 Å². The van der Waals surface area contributed by atoms with Crippen LogP contribution < -0.4 is 10.1 Å². The van der Waals surface area contributed by atoms with Crippen LogP contribution in [-0.4, -0.2) is 30.3 Å². The van der Waals surface area contributed by atoms with Gasteiger partial charge in [-0.3, -0.25) is 4.79 Å². The highest BCUT2D eigenvalue weighted by Crippen LogP contribution is 2.34. The average Bonchev–Trinajstić information content (AvgIpc) is 2.57. The second kappa shape index (κ2) is 9.50. The molecule has 0 saturated carbocycles. The second-order valence-corrected chi connectivity index (χ2v) is 5.18. The third-order valence-electron chi connectivity index (χ3n) is 3.64. The summed E-state index contributed by atoms with van der Waals surface area (Å²) in [6.07, 6.45) is 4.08. The Morgan fingerprint density at radius 2 is 2.08 bits per heavy atom. The molecular formula is C18H25NO5. The van der Waals surface area contributed by atoms with Crippen molar-refractivity contribution in [1.82, 2.24) is 5.32 Å². The Balaban J connectivity index is 3.10. The molecule has 0 aliphatic rings. The number of aromatic hydroxyl groups is 1. The summed E-state index contributed by atoms with van der Waals surface area (Å²) in [6.45, 7) is 3.14. The summed E-state index contributed by atoms with van der Waals surface area (Å²) < 4.78 is 10.3. The number of likely N-dealkylation sites (N-methyl/N-ethyl adjacent to an activating group) is 1. The Hall–Kier alpha value is -2.63. The van der Waals surface area contributed by atoms with Crippen LogP contribution in [0, 0.1) is 0 Å². The Morgan fingerprint density at radius 1 is 1.38 bits per heavy atom. The number of allylic oxidation sites excluding steroid dienone is 3. The van der Waals surface area contributed by atoms with Gasteiger partial charge in [0, 0.05) is 38.1 Å². The molecule has 0 saturated heterocycles. The number of benzene rings is 1. The molecule has 0 aliphatic carbocycles. The van der Waals surface area contributed by atoms with Crippen molar-refractivity contribution in [2.45, 2.75) is 33.1 Å². The number of aliphatic hydroxyl groups is 1. The van der Waals surface area contributed by atoms with E-state index in [-0.39, 0.29) is 11.7 Å². The topological polar surface area (TPSA) is 88.0 Å². The van der Waals surface area contributed by atoms with Crippen LogP contribution in [0.25, 0.3) is 0 Å². The van der Waals surface area contributed by atoms with Crippen molar-refractivity contribution in [3.05, 3.63) is 47.1 Å². The fraction of sp³-hybridized carbons (Fsp3) is 0.389. The molecule has 6 nitrogen and oxygen atoms in total. The maximum absolute atomic E-state index is 11.1. The number of rotatable bonds is 8. The summed E-state index contributed by atoms with van der Waals surface area (Å²) in [6, 6.07) is 3.53. The molecule has 0 spiro atoms. The number of esters is 1. The van der Waals surface area contributed by atoms with Gasteiger partial charge < -0.3 is 25.0 Å². The highest BCUT2D eigenvalue weighted by atomic mass is 16.5. The molecule has 1 rings (SSSR count). The molecule has 132 valence electrons. The minimum atomic E-state index is -0.376. The van der Waals surface area contributed by atoms with Gasteiger partial charge in [-0.05, 0) is 31.1 Å². The minimum absolute atomic E-state index is 0.0571. The number of carbonyl (C=O) groups excluding carboxylic acids is 1. The van der Waals surface area contributed by atoms with Crippen molar-refractivity contribution in [3.8, 4) is 11.5 Å². The predicted molar refractivity (Wildman–Crippen MR) is 92.0 cm³/mol. The summed E-state index contributed by atoms with van der Waals surface area (Å²) in [5.74, 6) is 0.602. The van der Waals surface area contributed by atoms with Gasteiger partial charge in [0.15, 0.2) is 11.5 Å². The lowest BCUT2D eigenvalue weighted by atomic mass is 9.97. The van der Waals surface area contributed by atoms with E-state index >= 15 is 0 Å². The van der Waals surface area contributed by atoms with Gasteiger partial charge in [0.1, 0.15) is 5.76 Å². The highest BCUT2D eigenvalue weighted by molar-refractivity contribution is 5.67. The van der Waals surface area contributed by atoms with Crippen molar-refractivity contribution >= 4 is 5.97 Å². The van der Waals surface area contributed by atoms with Crippen molar-refractivity contribution in [2.24, 2.45) is 0 Å². The van der Waals surface area contributed by atoms with E-state index in [9.17, 15) is 15.0 Å². The highest BCUT2D eigenvalue weighted by Gasteiger charge is 2.15. The number of phenols is 1. The summed E-state index contributed by atoms with van der Waals surface area (Å²) in [5, 5.41) is 22.6. The molecule has 0 aromatic heterocycles. The van der Waals surface area contributed by atoms with Crippen LogP contribution >= 0.6 is 0 Å². The number of carbonyl (C=O) groups is 1. The van der Waals surface area contributed by atoms with E-state index in [1.54, 1.807) is 26.1 Å². The fourth-order valence-corrected chi connectivity index (χ4v) is 2.36. The monoisotopic (exact) mass is 335 g/mol. The average molecular weight is 335 g/mol. The number of hydrogen-bond acceptors (Lipinski definition) is 6. The van der Waals surface area contributed by atoms with E-state index < -0.39 is 0 Å². The summed E-state index contributed by atoms with van der Waals surface area (Å²) in [5.41, 5.74) is 2.16. The van der Waals surface area contributed by atoms with E-state index in [0.29, 0.717) is 42.0 Å². The van der Waals surface area contributed by atoms with Gasteiger partial charge in [-0.15, -0.1) is 0 Å². The van der Waals surface area contributed by atoms with E-state index in [0.717, 1.165) is 11.8 Å². The van der Waals surface area contributed by atoms with Crippen molar-refractivity contribution in [2.75, 3.05) is 14.2 Å². The number of aliphatic hydroxyl groups excluding tert-OH is 1. The molecule has 0 unspecified atom stereocenters. The van der Waals surface area contributed by atoms with Crippen LogP contribution in [-0.2, 0) is 22.4 Å². The van der Waals surface area contributed by atoms with Gasteiger partial charge in [0.05, 0.1) is 13.4 Å². The van der Waals surface area contributed by atoms with Gasteiger partial charge in [0.25, 0.3) is 0 Å². The molecule has 0 fully saturated rings. The third kappa shape index (κ3) is 5.22. The summed E-state index contributed by atoms with van der Waals surface area (Å²) in [7, 11) is 3.20. The molecule has 1 aromatic carbocycles. The molecule has 0 amide bonds. The SMILES string of the molecule is C/C=C(\CCc1c(C/C(=C\O)NC)ccc(OC)c1O)OC(C)=O. The fourth-order valence-electron chi connectivity index (χ4n) is 2.36. The van der Waals surface area contributed by atoms with Crippen molar-refractivity contribution in [3.63, 3.8) is 0 Å². The van der Waals surface area contributed by atoms with Crippen LogP contribution in [0.5, 0.6) is 11.5 Å². The van der Waals surface area contributed by atoms with Crippen LogP contribution in [0.1, 0.15) is 31.4 Å². The lowest BCUT2D eigenvalue weighted by Crippen LogP contribution is -2.10. The minimum Gasteiger partial charge on any atom is -0.514 e. The molecule has 0 atom stereocenters. The van der Waals surface area contributed by atoms with Gasteiger partial charge in [-0.1, -0.05) is 6.07 Å². The molecular weight excluding hydrogens is 310 g/mol. The van der Waals surface area contributed by atoms with Crippen LogP contribution in [0.3, 0.4) is 0 Å². The first-order valence-corrected chi connectivity index (χ1v) is 7.69. The summed E-state index contributed by atoms with van der Waals surface area (Å²) in [4.78, 5) is 11.1. The largest absolute Gasteiger partial charge is 0.514 e. The van der Waals surface area contributed by atoms with E-state index in [1.807, 2.05) is 6.07 Å². The zero-order valence-electron chi connectivity index (χ0n) is 14.5. The first-order valence-electron chi connectivity index (χ1n) is 7.69. The molecule has 0 radical (unpaired) electrons. The predicted octanol–water partition coefficient (Wildman–Crippen LogP) is 2.96. The molecule has 1 aromatic rings. The first kappa shape index (κ1) is 19.4. The Labute approximate surface area is 142 Å². The molecule has 0 heterocycles. The Morgan fingerprint density at radius 3 is 2.58 bits per heavy atom. The smallest absolute Gasteiger partial charge is 0.307 e. The molecule has 6 heteroatoms. The lowest BCUT2D eigenvalue weighted by Gasteiger charge is -2.16. The number of methoxy groups -OCH3 is 1. The standard InChI is InChI=1S/C18H25NO5/c1-5-15(24-12(2)21)7-8-16-13(10-14(11-20)19-3)6-9-17(23-4)18(16)22/h5-6,9,11,19-20,22H,7-8,10H2,1-4H3/b14-11+,15-5+. The summed E-state index contributed by atoms with van der Waals surface area (Å²) >= 11 is 0. The third-order valence-corrected chi connectivity index (χ3v) is 3.64. The lowest BCUT2D eigenvalue weighted by molar-refractivity contribution is -0.137. The zero-order chi connectivity index (χ0) is 18.1. The van der Waals surface area contributed by atoms with Gasteiger partial charge in [-0.2, -0.15) is 0 Å². The number of nitrogens with one attached hydrogen (secondary N) is 1. The zero-order valence-corrected chi connectivity index (χ0v) is 14.5. The van der Waals surface area contributed by atoms with Gasteiger partial charge in [-0.25, -0.2) is 0 Å². The molecule has 0 aliphatic heterocycles. The number of ether oxygens (including phenoxy) is 2. The maximum atomic E-state index is 11.1. The van der Waals surface area contributed by atoms with Crippen LogP contribution in [0.4, 0.5) is 0 Å². The van der Waals surface area contributed by atoms with E-state index in [4.69, 9.17) is 9.47 Å². The maximum Gasteiger partial charge on any atom is 0.307 e. The van der Waals surface area contributed by atoms with Gasteiger partial charge in [0.2, 0.25) is 0 Å². The van der Waals surface area contributed by atoms with Crippen LogP contribution in [0.2, 0.25) is 0 Å².